The fourth-order valence-corrected chi connectivity index (χ4v) is 6.39. The van der Waals surface area contributed by atoms with E-state index < -0.39 is 77.9 Å². The largest absolute Gasteiger partial charge is 0.344 e. The van der Waals surface area contributed by atoms with Crippen LogP contribution in [-0.2, 0) is 19.2 Å². The van der Waals surface area contributed by atoms with Crippen LogP contribution < -0.4 is 21.7 Å². The lowest BCUT2D eigenvalue weighted by Crippen LogP contribution is -2.61. The minimum absolute atomic E-state index is 0.0646. The summed E-state index contributed by atoms with van der Waals surface area (Å²) in [5.41, 5.74) is 7.33. The van der Waals surface area contributed by atoms with Crippen molar-refractivity contribution in [3.8, 4) is 0 Å². The molecule has 0 spiro atoms. The minimum atomic E-state index is -3.03. The van der Waals surface area contributed by atoms with Gasteiger partial charge in [0.1, 0.15) is 18.1 Å². The Morgan fingerprint density at radius 3 is 2.26 bits per heavy atom. The van der Waals surface area contributed by atoms with E-state index in [1.165, 1.54) is 11.1 Å². The Morgan fingerprint density at radius 2 is 1.62 bits per heavy atom. The molecule has 1 saturated heterocycles. The first-order valence-corrected chi connectivity index (χ1v) is 16.8. The van der Waals surface area contributed by atoms with Crippen molar-refractivity contribution in [3.05, 3.63) is 78.0 Å². The van der Waals surface area contributed by atoms with Gasteiger partial charge in [0.15, 0.2) is 0 Å². The van der Waals surface area contributed by atoms with Crippen LogP contribution in [0, 0.1) is 11.3 Å². The number of rotatable bonds is 13. The lowest BCUT2D eigenvalue weighted by atomic mass is 9.85. The number of hydrogen-bond donors (Lipinski definition) is 4. The van der Waals surface area contributed by atoms with Crippen molar-refractivity contribution >= 4 is 40.3 Å². The summed E-state index contributed by atoms with van der Waals surface area (Å²) in [4.78, 5) is 73.7. The number of halogens is 2. The van der Waals surface area contributed by atoms with Gasteiger partial charge < -0.3 is 26.6 Å². The summed E-state index contributed by atoms with van der Waals surface area (Å²) in [6.07, 6.45) is -1.40. The zero-order valence-corrected chi connectivity index (χ0v) is 29.0. The number of alkyl halides is 2. The highest BCUT2D eigenvalue weighted by Gasteiger charge is 2.49. The number of aromatic nitrogens is 1. The normalized spacial score (nSPS) is 19.5. The van der Waals surface area contributed by atoms with Crippen molar-refractivity contribution < 1.29 is 32.8 Å². The number of ketones is 1. The molecule has 268 valence electrons. The summed E-state index contributed by atoms with van der Waals surface area (Å²) in [6.45, 7) is 8.92. The zero-order chi connectivity index (χ0) is 36.7. The van der Waals surface area contributed by atoms with Crippen molar-refractivity contribution in [2.24, 2.45) is 17.1 Å². The van der Waals surface area contributed by atoms with E-state index in [2.05, 4.69) is 20.9 Å². The molecule has 4 rings (SSSR count). The second-order valence-corrected chi connectivity index (χ2v) is 13.9. The van der Waals surface area contributed by atoms with Gasteiger partial charge in [-0.2, -0.15) is 0 Å². The van der Waals surface area contributed by atoms with Crippen molar-refractivity contribution in [3.63, 3.8) is 0 Å². The van der Waals surface area contributed by atoms with Gasteiger partial charge in [0.25, 0.3) is 11.8 Å². The van der Waals surface area contributed by atoms with Gasteiger partial charge in [-0.25, -0.2) is 8.78 Å². The van der Waals surface area contributed by atoms with Gasteiger partial charge in [-0.15, -0.1) is 0 Å². The number of nitrogens with zero attached hydrogens (tertiary/aromatic N) is 2. The number of likely N-dealkylation sites (tertiary alicyclic amines) is 1. The molecule has 11 nitrogen and oxygen atoms in total. The number of fused-ring (bicyclic) bond motifs is 1. The van der Waals surface area contributed by atoms with Gasteiger partial charge in [0.2, 0.25) is 24.0 Å². The number of carbonyl (C=O) groups excluding carboxylic acids is 5. The zero-order valence-electron chi connectivity index (χ0n) is 29.0. The summed E-state index contributed by atoms with van der Waals surface area (Å²) in [7, 11) is 0. The molecule has 2 aromatic carbocycles. The van der Waals surface area contributed by atoms with Gasteiger partial charge in [-0.3, -0.25) is 29.0 Å². The first kappa shape index (κ1) is 38.0. The second-order valence-electron chi connectivity index (χ2n) is 13.9. The van der Waals surface area contributed by atoms with Crippen molar-refractivity contribution in [2.75, 3.05) is 6.54 Å². The van der Waals surface area contributed by atoms with Gasteiger partial charge in [0, 0.05) is 30.6 Å². The van der Waals surface area contributed by atoms with E-state index >= 15 is 0 Å². The molecule has 3 aromatic rings. The minimum Gasteiger partial charge on any atom is -0.344 e. The average molecular weight is 693 g/mol. The van der Waals surface area contributed by atoms with Crippen LogP contribution in [0.15, 0.2) is 66.9 Å². The summed E-state index contributed by atoms with van der Waals surface area (Å²) in [6, 6.07) is 11.5. The van der Waals surface area contributed by atoms with Crippen LogP contribution in [0.25, 0.3) is 10.9 Å². The molecular weight excluding hydrogens is 646 g/mol. The van der Waals surface area contributed by atoms with Crippen LogP contribution in [0.2, 0.25) is 0 Å². The van der Waals surface area contributed by atoms with Gasteiger partial charge in [-0.1, -0.05) is 82.6 Å². The maximum atomic E-state index is 14.4. The quantitative estimate of drug-likeness (QED) is 0.197. The number of pyridine rings is 1. The number of hydrogen-bond acceptors (Lipinski definition) is 7. The van der Waals surface area contributed by atoms with Crippen molar-refractivity contribution in [1.29, 1.82) is 0 Å². The number of benzene rings is 2. The number of amides is 4. The van der Waals surface area contributed by atoms with E-state index in [0.717, 1.165) is 0 Å². The lowest BCUT2D eigenvalue weighted by Gasteiger charge is -2.36. The van der Waals surface area contributed by atoms with Crippen LogP contribution >= 0.6 is 0 Å². The Morgan fingerprint density at radius 1 is 0.960 bits per heavy atom. The molecule has 5 N–H and O–H groups in total. The Labute approximate surface area is 290 Å². The van der Waals surface area contributed by atoms with Crippen LogP contribution in [0.3, 0.4) is 0 Å². The summed E-state index contributed by atoms with van der Waals surface area (Å²) in [5, 5.41) is 8.29. The standard InChI is InChI=1S/C37H46F2N6O5/c1-6-12-23-20-45(36(50)32(37(3,4)5)44-33(47)25-17-18-41-26-16-11-10-15-24(25)26)30(29(23)40)34(48)43-27(19-28(38)39)31(46)35(49)42-21(2)22-13-8-7-9-14-22/h7-11,13-18,21,23,27-30,32H,6,12,19-20,40H2,1-5H3,(H,42,49)(H,43,48)(H,44,47)/t21-,23-,27?,29-,30-,32+/m0/s1. The molecule has 13 heteroatoms. The van der Waals surface area contributed by atoms with Crippen LogP contribution in [0.4, 0.5) is 8.78 Å². The molecule has 2 heterocycles. The van der Waals surface area contributed by atoms with Crippen LogP contribution in [0.1, 0.15) is 75.8 Å². The average Bonchev–Trinajstić information content (AvgIpc) is 3.41. The predicted molar refractivity (Wildman–Crippen MR) is 185 cm³/mol. The monoisotopic (exact) mass is 692 g/mol. The first-order valence-electron chi connectivity index (χ1n) is 16.8. The Balaban J connectivity index is 1.59. The highest BCUT2D eigenvalue weighted by atomic mass is 19.3. The maximum absolute atomic E-state index is 14.4. The molecule has 6 atom stereocenters. The number of nitrogens with one attached hydrogen (secondary N) is 3. The molecule has 1 aliphatic heterocycles. The van der Waals surface area contributed by atoms with Gasteiger partial charge in [0.05, 0.1) is 17.1 Å². The molecule has 1 aromatic heterocycles. The van der Waals surface area contributed by atoms with Crippen molar-refractivity contribution in [1.82, 2.24) is 25.8 Å². The Kier molecular flexibility index (Phi) is 12.4. The third kappa shape index (κ3) is 8.87. The third-order valence-corrected chi connectivity index (χ3v) is 9.09. The number of nitrogens with two attached hydrogens (primary N) is 1. The SMILES string of the molecule is CCC[C@H]1CN(C(=O)[C@@H](NC(=O)c2ccnc3ccccc23)C(C)(C)C)[C@H](C(=O)NC(CC(F)F)C(=O)C(=O)N[C@@H](C)c2ccccc2)[C@H]1N. The smallest absolute Gasteiger partial charge is 0.290 e. The summed E-state index contributed by atoms with van der Waals surface area (Å²) >= 11 is 0. The molecule has 4 amide bonds. The van der Waals surface area contributed by atoms with Crippen LogP contribution in [-0.4, -0.2) is 76.4 Å². The third-order valence-electron chi connectivity index (χ3n) is 9.09. The molecular formula is C37H46F2N6O5. The number of Topliss-reactive ketones (excluding diaryl/α,β-unsaturated/α-hetero) is 1. The fourth-order valence-electron chi connectivity index (χ4n) is 6.39. The van der Waals surface area contributed by atoms with E-state index in [1.54, 1.807) is 88.4 Å². The summed E-state index contributed by atoms with van der Waals surface area (Å²) in [5.74, 6) is -4.78. The van der Waals surface area contributed by atoms with Gasteiger partial charge >= 0.3 is 0 Å². The predicted octanol–water partition coefficient (Wildman–Crippen LogP) is 3.92. The number of para-hydroxylation sites is 1. The van der Waals surface area contributed by atoms with Crippen molar-refractivity contribution in [2.45, 2.75) is 90.5 Å². The van der Waals surface area contributed by atoms with Crippen LogP contribution in [0.5, 0.6) is 0 Å². The molecule has 1 fully saturated rings. The molecule has 0 radical (unpaired) electrons. The van der Waals surface area contributed by atoms with E-state index in [-0.39, 0.29) is 12.5 Å². The molecule has 1 aliphatic rings. The highest BCUT2D eigenvalue weighted by molar-refractivity contribution is 6.38. The molecule has 0 bridgehead atoms. The molecule has 1 unspecified atom stereocenters. The molecule has 50 heavy (non-hydrogen) atoms. The maximum Gasteiger partial charge on any atom is 0.290 e. The molecule has 0 saturated carbocycles. The van der Waals surface area contributed by atoms with Gasteiger partial charge in [-0.05, 0) is 42.4 Å². The highest BCUT2D eigenvalue weighted by Crippen LogP contribution is 2.31. The van der Waals surface area contributed by atoms with E-state index in [4.69, 9.17) is 5.73 Å². The Bertz CT molecular complexity index is 1690. The lowest BCUT2D eigenvalue weighted by molar-refractivity contribution is -0.144. The van der Waals surface area contributed by atoms with E-state index in [0.29, 0.717) is 34.9 Å². The van der Waals surface area contributed by atoms with E-state index in [9.17, 15) is 32.8 Å². The second kappa shape index (κ2) is 16.3. The fraction of sp³-hybridized carbons (Fsp3) is 0.459. The Hall–Kier alpha value is -4.78. The molecule has 0 aliphatic carbocycles. The summed E-state index contributed by atoms with van der Waals surface area (Å²) < 4.78 is 27.5. The topological polar surface area (TPSA) is 164 Å². The number of carbonyl (C=O) groups is 5. The van der Waals surface area contributed by atoms with E-state index in [1.807, 2.05) is 6.92 Å². The first-order chi connectivity index (χ1) is 23.6.